The van der Waals surface area contributed by atoms with Crippen LogP contribution in [0.25, 0.3) is 0 Å². The molecule has 5 heteroatoms. The van der Waals surface area contributed by atoms with E-state index >= 15 is 0 Å². The van der Waals surface area contributed by atoms with Crippen LogP contribution >= 0.6 is 0 Å². The number of hydrogen-bond acceptors (Lipinski definition) is 4. The molecule has 1 aromatic rings. The molecule has 0 radical (unpaired) electrons. The molecule has 0 aliphatic carbocycles. The topological polar surface area (TPSA) is 68.8 Å². The predicted molar refractivity (Wildman–Crippen MR) is 50.4 cm³/mol. The molecule has 13 heavy (non-hydrogen) atoms. The number of hydrogen-bond donors (Lipinski definition) is 2. The first kappa shape index (κ1) is 8.50. The van der Waals surface area contributed by atoms with Crippen molar-refractivity contribution in [2.45, 2.75) is 19.9 Å². The minimum Gasteiger partial charge on any atom is -0.354 e. The Morgan fingerprint density at radius 2 is 2.54 bits per heavy atom. The van der Waals surface area contributed by atoms with Crippen molar-refractivity contribution in [1.82, 2.24) is 14.8 Å². The Bertz CT molecular complexity index is 293. The lowest BCUT2D eigenvalue weighted by atomic mass is 10.1. The zero-order valence-corrected chi connectivity index (χ0v) is 7.82. The Kier molecular flexibility index (Phi) is 2.18. The van der Waals surface area contributed by atoms with Gasteiger partial charge in [0.25, 0.3) is 0 Å². The fourth-order valence-corrected chi connectivity index (χ4v) is 1.51. The van der Waals surface area contributed by atoms with Gasteiger partial charge in [0.15, 0.2) is 5.82 Å². The van der Waals surface area contributed by atoms with E-state index < -0.39 is 0 Å². The highest BCUT2D eigenvalue weighted by molar-refractivity contribution is 5.27. The van der Waals surface area contributed by atoms with Gasteiger partial charge in [-0.15, -0.1) is 0 Å². The second kappa shape index (κ2) is 3.33. The zero-order chi connectivity index (χ0) is 9.26. The Morgan fingerprint density at radius 1 is 1.69 bits per heavy atom. The van der Waals surface area contributed by atoms with Crippen LogP contribution in [-0.2, 0) is 13.0 Å². The van der Waals surface area contributed by atoms with Crippen molar-refractivity contribution >= 4 is 5.95 Å². The highest BCUT2D eigenvalue weighted by Crippen LogP contribution is 2.14. The van der Waals surface area contributed by atoms with Crippen LogP contribution < -0.4 is 11.1 Å². The first-order valence-corrected chi connectivity index (χ1v) is 4.67. The summed E-state index contributed by atoms with van der Waals surface area (Å²) in [6.07, 6.45) is 0.760. The van der Waals surface area contributed by atoms with Gasteiger partial charge in [-0.3, -0.25) is 0 Å². The number of nitrogens with one attached hydrogen (secondary N) is 1. The van der Waals surface area contributed by atoms with Crippen molar-refractivity contribution in [3.63, 3.8) is 0 Å². The molecule has 0 saturated heterocycles. The Labute approximate surface area is 77.3 Å². The van der Waals surface area contributed by atoms with Crippen LogP contribution in [0.1, 0.15) is 12.7 Å². The molecule has 0 aromatic carbocycles. The van der Waals surface area contributed by atoms with Gasteiger partial charge in [0.2, 0.25) is 5.95 Å². The number of anilines is 1. The largest absolute Gasteiger partial charge is 0.354 e. The third-order valence-electron chi connectivity index (χ3n) is 2.18. The van der Waals surface area contributed by atoms with Crippen LogP contribution in [0.3, 0.4) is 0 Å². The molecule has 2 rings (SSSR count). The van der Waals surface area contributed by atoms with Crippen molar-refractivity contribution in [3.05, 3.63) is 5.82 Å². The summed E-state index contributed by atoms with van der Waals surface area (Å²) in [6.45, 7) is 4.75. The SMILES string of the molecule is CC1CNc2nc(CCN)nn2C1. The van der Waals surface area contributed by atoms with Crippen LogP contribution in [0.5, 0.6) is 0 Å². The van der Waals surface area contributed by atoms with Crippen molar-refractivity contribution in [2.24, 2.45) is 11.7 Å². The first-order valence-electron chi connectivity index (χ1n) is 4.67. The zero-order valence-electron chi connectivity index (χ0n) is 7.82. The lowest BCUT2D eigenvalue weighted by Gasteiger charge is -2.19. The summed E-state index contributed by atoms with van der Waals surface area (Å²) in [4.78, 5) is 4.34. The third kappa shape index (κ3) is 1.65. The predicted octanol–water partition coefficient (Wildman–Crippen LogP) is -0.159. The molecule has 1 unspecified atom stereocenters. The number of fused-ring (bicyclic) bond motifs is 1. The summed E-state index contributed by atoms with van der Waals surface area (Å²) in [6, 6.07) is 0. The van der Waals surface area contributed by atoms with Gasteiger partial charge in [0.05, 0.1) is 0 Å². The fourth-order valence-electron chi connectivity index (χ4n) is 1.51. The van der Waals surface area contributed by atoms with Gasteiger partial charge in [0.1, 0.15) is 0 Å². The first-order chi connectivity index (χ1) is 6.29. The average Bonchev–Trinajstić information content (AvgIpc) is 2.46. The van der Waals surface area contributed by atoms with E-state index in [1.165, 1.54) is 0 Å². The second-order valence-electron chi connectivity index (χ2n) is 3.56. The van der Waals surface area contributed by atoms with Crippen molar-refractivity contribution < 1.29 is 0 Å². The van der Waals surface area contributed by atoms with E-state index in [2.05, 4.69) is 22.3 Å². The average molecular weight is 181 g/mol. The molecule has 0 bridgehead atoms. The van der Waals surface area contributed by atoms with Crippen molar-refractivity contribution in [1.29, 1.82) is 0 Å². The molecule has 0 saturated carbocycles. The summed E-state index contributed by atoms with van der Waals surface area (Å²) in [5.41, 5.74) is 5.44. The minimum absolute atomic E-state index is 0.610. The molecule has 1 aliphatic rings. The van der Waals surface area contributed by atoms with Gasteiger partial charge in [-0.1, -0.05) is 6.92 Å². The van der Waals surface area contributed by atoms with E-state index in [0.29, 0.717) is 12.5 Å². The lowest BCUT2D eigenvalue weighted by molar-refractivity contribution is 0.441. The van der Waals surface area contributed by atoms with Crippen LogP contribution in [0, 0.1) is 5.92 Å². The van der Waals surface area contributed by atoms with E-state index in [4.69, 9.17) is 5.73 Å². The molecule has 0 amide bonds. The molecule has 0 spiro atoms. The Morgan fingerprint density at radius 3 is 3.31 bits per heavy atom. The molecule has 5 nitrogen and oxygen atoms in total. The maximum atomic E-state index is 5.44. The van der Waals surface area contributed by atoms with Gasteiger partial charge < -0.3 is 11.1 Å². The van der Waals surface area contributed by atoms with E-state index in [1.54, 1.807) is 0 Å². The molecule has 1 aromatic heterocycles. The van der Waals surface area contributed by atoms with Gasteiger partial charge in [-0.25, -0.2) is 4.68 Å². The molecule has 3 N–H and O–H groups in total. The van der Waals surface area contributed by atoms with E-state index in [9.17, 15) is 0 Å². The van der Waals surface area contributed by atoms with Gasteiger partial charge in [-0.2, -0.15) is 10.1 Å². The molecule has 0 fully saturated rings. The smallest absolute Gasteiger partial charge is 0.221 e. The highest BCUT2D eigenvalue weighted by atomic mass is 15.4. The second-order valence-corrected chi connectivity index (χ2v) is 3.56. The number of aromatic nitrogens is 3. The number of nitrogens with two attached hydrogens (primary N) is 1. The highest BCUT2D eigenvalue weighted by Gasteiger charge is 2.17. The quantitative estimate of drug-likeness (QED) is 0.665. The third-order valence-corrected chi connectivity index (χ3v) is 2.18. The molecular weight excluding hydrogens is 166 g/mol. The van der Waals surface area contributed by atoms with E-state index in [1.807, 2.05) is 4.68 Å². The monoisotopic (exact) mass is 181 g/mol. The number of nitrogens with zero attached hydrogens (tertiary/aromatic N) is 3. The van der Waals surface area contributed by atoms with Crippen LogP contribution in [0.2, 0.25) is 0 Å². The molecule has 1 aliphatic heterocycles. The molecule has 1 atom stereocenters. The summed E-state index contributed by atoms with van der Waals surface area (Å²) in [5.74, 6) is 2.36. The Balaban J connectivity index is 2.18. The summed E-state index contributed by atoms with van der Waals surface area (Å²) in [5, 5.41) is 7.59. The summed E-state index contributed by atoms with van der Waals surface area (Å²) in [7, 11) is 0. The maximum absolute atomic E-state index is 5.44. The van der Waals surface area contributed by atoms with Crippen molar-refractivity contribution in [3.8, 4) is 0 Å². The molecule has 2 heterocycles. The van der Waals surface area contributed by atoms with Crippen LogP contribution in [-0.4, -0.2) is 27.9 Å². The van der Waals surface area contributed by atoms with E-state index in [-0.39, 0.29) is 0 Å². The van der Waals surface area contributed by atoms with Gasteiger partial charge >= 0.3 is 0 Å². The van der Waals surface area contributed by atoms with Crippen LogP contribution in [0.4, 0.5) is 5.95 Å². The van der Waals surface area contributed by atoms with E-state index in [0.717, 1.165) is 31.3 Å². The normalized spacial score (nSPS) is 20.9. The summed E-state index contributed by atoms with van der Waals surface area (Å²) < 4.78 is 1.93. The molecular formula is C8H15N5. The molecule has 72 valence electrons. The number of rotatable bonds is 2. The summed E-state index contributed by atoms with van der Waals surface area (Å²) >= 11 is 0. The van der Waals surface area contributed by atoms with Gasteiger partial charge in [0, 0.05) is 19.5 Å². The van der Waals surface area contributed by atoms with Crippen LogP contribution in [0.15, 0.2) is 0 Å². The Hall–Kier alpha value is -1.10. The standard InChI is InChI=1S/C8H15N5/c1-6-4-10-8-11-7(2-3-9)12-13(8)5-6/h6H,2-5,9H2,1H3,(H,10,11,12). The lowest BCUT2D eigenvalue weighted by Crippen LogP contribution is -2.25. The fraction of sp³-hybridized carbons (Fsp3) is 0.750. The van der Waals surface area contributed by atoms with Gasteiger partial charge in [-0.05, 0) is 12.5 Å². The maximum Gasteiger partial charge on any atom is 0.221 e. The minimum atomic E-state index is 0.610. The van der Waals surface area contributed by atoms with Crippen molar-refractivity contribution in [2.75, 3.05) is 18.4 Å².